The van der Waals surface area contributed by atoms with Crippen molar-refractivity contribution in [2.75, 3.05) is 13.1 Å². The molecule has 0 fully saturated rings. The van der Waals surface area contributed by atoms with Crippen molar-refractivity contribution in [3.8, 4) is 5.75 Å². The summed E-state index contributed by atoms with van der Waals surface area (Å²) in [6.07, 6.45) is 1.28. The highest BCUT2D eigenvalue weighted by Gasteiger charge is 2.07. The summed E-state index contributed by atoms with van der Waals surface area (Å²) in [5, 5.41) is 14.9. The maximum Gasteiger partial charge on any atom is 0.224 e. The molecule has 0 aliphatic carbocycles. The normalized spacial score (nSPS) is 9.95. The third-order valence-corrected chi connectivity index (χ3v) is 2.59. The van der Waals surface area contributed by atoms with Gasteiger partial charge in [0, 0.05) is 25.1 Å². The fraction of sp³-hybridized carbons (Fsp3) is 0.429. The zero-order chi connectivity index (χ0) is 14.1. The minimum atomic E-state index is -0.204. The summed E-state index contributed by atoms with van der Waals surface area (Å²) in [5.74, 6) is -0.159. The van der Waals surface area contributed by atoms with Gasteiger partial charge in [-0.05, 0) is 12.5 Å². The Morgan fingerprint density at radius 3 is 2.47 bits per heavy atom. The summed E-state index contributed by atoms with van der Waals surface area (Å²) in [7, 11) is 0. The summed E-state index contributed by atoms with van der Waals surface area (Å²) in [4.78, 5) is 22.9. The maximum absolute atomic E-state index is 11.6. The number of nitrogens with one attached hydrogen (secondary N) is 2. The van der Waals surface area contributed by atoms with Crippen LogP contribution in [0.5, 0.6) is 5.75 Å². The van der Waals surface area contributed by atoms with Crippen LogP contribution >= 0.6 is 0 Å². The minimum absolute atomic E-state index is 0.0651. The van der Waals surface area contributed by atoms with E-state index in [4.69, 9.17) is 0 Å². The Balaban J connectivity index is 2.25. The Bertz CT molecular complexity index is 432. The molecular weight excluding hydrogens is 244 g/mol. The number of carbonyl (C=O) groups excluding carboxylic acids is 2. The number of phenols is 1. The van der Waals surface area contributed by atoms with Crippen LogP contribution < -0.4 is 10.6 Å². The van der Waals surface area contributed by atoms with Gasteiger partial charge in [-0.25, -0.2) is 0 Å². The van der Waals surface area contributed by atoms with E-state index >= 15 is 0 Å². The first-order valence-corrected chi connectivity index (χ1v) is 6.43. The zero-order valence-electron chi connectivity index (χ0n) is 11.1. The fourth-order valence-electron chi connectivity index (χ4n) is 1.56. The van der Waals surface area contributed by atoms with Gasteiger partial charge in [0.2, 0.25) is 11.8 Å². The molecule has 0 atom stereocenters. The number of benzene rings is 1. The Morgan fingerprint density at radius 1 is 1.11 bits per heavy atom. The minimum Gasteiger partial charge on any atom is -0.508 e. The van der Waals surface area contributed by atoms with Gasteiger partial charge in [0.15, 0.2) is 0 Å². The number of aromatic hydroxyl groups is 1. The van der Waals surface area contributed by atoms with Gasteiger partial charge in [0.1, 0.15) is 5.75 Å². The van der Waals surface area contributed by atoms with Gasteiger partial charge in [-0.1, -0.05) is 25.1 Å². The Kier molecular flexibility index (Phi) is 6.43. The van der Waals surface area contributed by atoms with Crippen LogP contribution in [0.2, 0.25) is 0 Å². The Hall–Kier alpha value is -2.04. The van der Waals surface area contributed by atoms with E-state index in [0.717, 1.165) is 6.42 Å². The Labute approximate surface area is 113 Å². The number of para-hydroxylation sites is 1. The van der Waals surface area contributed by atoms with Crippen LogP contribution in [0.4, 0.5) is 0 Å². The second-order valence-corrected chi connectivity index (χ2v) is 4.26. The van der Waals surface area contributed by atoms with E-state index in [1.165, 1.54) is 0 Å². The zero-order valence-corrected chi connectivity index (χ0v) is 11.1. The third-order valence-electron chi connectivity index (χ3n) is 2.59. The van der Waals surface area contributed by atoms with Gasteiger partial charge in [0.05, 0.1) is 6.42 Å². The first-order valence-electron chi connectivity index (χ1n) is 6.43. The largest absolute Gasteiger partial charge is 0.508 e. The average molecular weight is 264 g/mol. The van der Waals surface area contributed by atoms with Crippen molar-refractivity contribution in [3.05, 3.63) is 29.8 Å². The van der Waals surface area contributed by atoms with E-state index in [2.05, 4.69) is 10.6 Å². The second kappa shape index (κ2) is 8.13. The van der Waals surface area contributed by atoms with E-state index in [1.807, 2.05) is 6.92 Å². The molecule has 1 aromatic carbocycles. The summed E-state index contributed by atoms with van der Waals surface area (Å²) in [5.41, 5.74) is 0.579. The highest BCUT2D eigenvalue weighted by Crippen LogP contribution is 2.15. The standard InChI is InChI=1S/C14H20N2O3/c1-2-8-15-13(18)7-9-16-14(19)10-11-5-3-4-6-12(11)17/h3-6,17H,2,7-10H2,1H3,(H,15,18)(H,16,19). The predicted octanol–water partition coefficient (Wildman–Crippen LogP) is 0.967. The number of hydrogen-bond donors (Lipinski definition) is 3. The van der Waals surface area contributed by atoms with Gasteiger partial charge in [-0.2, -0.15) is 0 Å². The molecule has 0 bridgehead atoms. The van der Waals surface area contributed by atoms with E-state index in [9.17, 15) is 14.7 Å². The van der Waals surface area contributed by atoms with Crippen LogP contribution in [-0.2, 0) is 16.0 Å². The SMILES string of the molecule is CCCNC(=O)CCNC(=O)Cc1ccccc1O. The number of hydrogen-bond acceptors (Lipinski definition) is 3. The van der Waals surface area contributed by atoms with Crippen molar-refractivity contribution < 1.29 is 14.7 Å². The van der Waals surface area contributed by atoms with E-state index < -0.39 is 0 Å². The molecule has 0 unspecified atom stereocenters. The molecule has 0 saturated carbocycles. The third kappa shape index (κ3) is 5.90. The molecule has 5 heteroatoms. The van der Waals surface area contributed by atoms with Crippen LogP contribution in [-0.4, -0.2) is 30.0 Å². The van der Waals surface area contributed by atoms with Crippen molar-refractivity contribution in [1.82, 2.24) is 10.6 Å². The first kappa shape index (κ1) is 15.0. The molecule has 5 nitrogen and oxygen atoms in total. The van der Waals surface area contributed by atoms with Crippen molar-refractivity contribution in [3.63, 3.8) is 0 Å². The molecule has 1 aromatic rings. The fourth-order valence-corrected chi connectivity index (χ4v) is 1.56. The lowest BCUT2D eigenvalue weighted by Crippen LogP contribution is -2.31. The average Bonchev–Trinajstić information content (AvgIpc) is 2.39. The lowest BCUT2D eigenvalue weighted by atomic mass is 10.1. The summed E-state index contributed by atoms with van der Waals surface area (Å²) in [6.45, 7) is 2.95. The van der Waals surface area contributed by atoms with E-state index in [0.29, 0.717) is 18.7 Å². The summed E-state index contributed by atoms with van der Waals surface area (Å²) in [6, 6.07) is 6.71. The van der Waals surface area contributed by atoms with Crippen LogP contribution in [0.15, 0.2) is 24.3 Å². The van der Waals surface area contributed by atoms with Gasteiger partial charge in [-0.3, -0.25) is 9.59 Å². The molecule has 2 amide bonds. The van der Waals surface area contributed by atoms with Crippen LogP contribution in [0, 0.1) is 0 Å². The molecule has 0 radical (unpaired) electrons. The molecule has 19 heavy (non-hydrogen) atoms. The number of carbonyl (C=O) groups is 2. The number of rotatable bonds is 7. The Morgan fingerprint density at radius 2 is 1.79 bits per heavy atom. The van der Waals surface area contributed by atoms with Gasteiger partial charge >= 0.3 is 0 Å². The van der Waals surface area contributed by atoms with Crippen molar-refractivity contribution >= 4 is 11.8 Å². The summed E-state index contributed by atoms with van der Waals surface area (Å²) >= 11 is 0. The molecule has 0 saturated heterocycles. The lowest BCUT2D eigenvalue weighted by molar-refractivity contribution is -0.122. The lowest BCUT2D eigenvalue weighted by Gasteiger charge is -2.07. The summed E-state index contributed by atoms with van der Waals surface area (Å²) < 4.78 is 0. The van der Waals surface area contributed by atoms with Gasteiger partial charge in [0.25, 0.3) is 0 Å². The molecular formula is C14H20N2O3. The van der Waals surface area contributed by atoms with Gasteiger partial charge in [-0.15, -0.1) is 0 Å². The highest BCUT2D eigenvalue weighted by atomic mass is 16.3. The van der Waals surface area contributed by atoms with Crippen molar-refractivity contribution in [2.24, 2.45) is 0 Å². The highest BCUT2D eigenvalue weighted by molar-refractivity contribution is 5.80. The molecule has 0 aliphatic heterocycles. The molecule has 0 heterocycles. The number of amides is 2. The molecule has 1 rings (SSSR count). The van der Waals surface area contributed by atoms with Gasteiger partial charge < -0.3 is 15.7 Å². The van der Waals surface area contributed by atoms with E-state index in [1.54, 1.807) is 24.3 Å². The number of phenolic OH excluding ortho intramolecular Hbond substituents is 1. The quantitative estimate of drug-likeness (QED) is 0.686. The second-order valence-electron chi connectivity index (χ2n) is 4.26. The molecule has 104 valence electrons. The molecule has 0 aliphatic rings. The maximum atomic E-state index is 11.6. The monoisotopic (exact) mass is 264 g/mol. The van der Waals surface area contributed by atoms with Crippen molar-refractivity contribution in [1.29, 1.82) is 0 Å². The molecule has 3 N–H and O–H groups in total. The van der Waals surface area contributed by atoms with Crippen molar-refractivity contribution in [2.45, 2.75) is 26.2 Å². The molecule has 0 spiro atoms. The van der Waals surface area contributed by atoms with Crippen LogP contribution in [0.1, 0.15) is 25.3 Å². The topological polar surface area (TPSA) is 78.4 Å². The van der Waals surface area contributed by atoms with Crippen LogP contribution in [0.3, 0.4) is 0 Å². The smallest absolute Gasteiger partial charge is 0.224 e. The first-order chi connectivity index (χ1) is 9.13. The predicted molar refractivity (Wildman–Crippen MR) is 72.7 cm³/mol. The van der Waals surface area contributed by atoms with E-state index in [-0.39, 0.29) is 30.4 Å². The molecule has 0 aromatic heterocycles. The van der Waals surface area contributed by atoms with Crippen LogP contribution in [0.25, 0.3) is 0 Å².